The maximum atomic E-state index is 11.7. The Balaban J connectivity index is 1.91. The molecule has 0 saturated heterocycles. The molecule has 1 atom stereocenters. The van der Waals surface area contributed by atoms with Crippen LogP contribution in [0.5, 0.6) is 0 Å². The summed E-state index contributed by atoms with van der Waals surface area (Å²) < 4.78 is 0. The fraction of sp³-hybridized carbons (Fsp3) is 0.231. The van der Waals surface area contributed by atoms with E-state index >= 15 is 0 Å². The van der Waals surface area contributed by atoms with Crippen molar-refractivity contribution in [3.05, 3.63) is 52.6 Å². The van der Waals surface area contributed by atoms with Gasteiger partial charge in [-0.05, 0) is 24.6 Å². The second-order valence-corrected chi connectivity index (χ2v) is 4.60. The lowest BCUT2D eigenvalue weighted by Gasteiger charge is -2.11. The number of imidazole rings is 1. The minimum Gasteiger partial charge on any atom is -0.387 e. The molecule has 1 amide bonds. The molecular formula is C13H14ClN3O2. The Morgan fingerprint density at radius 3 is 2.74 bits per heavy atom. The van der Waals surface area contributed by atoms with E-state index in [9.17, 15) is 9.90 Å². The Morgan fingerprint density at radius 1 is 1.47 bits per heavy atom. The molecule has 0 bridgehead atoms. The van der Waals surface area contributed by atoms with Crippen molar-refractivity contribution in [2.24, 2.45) is 0 Å². The first-order chi connectivity index (χ1) is 9.06. The standard InChI is InChI=1S/C13H14ClN3O2/c1-8-15-6-11(17-8)13(19)16-7-12(18)9-2-4-10(14)5-3-9/h2-6,12,18H,7H2,1H3,(H,15,17)(H,16,19). The van der Waals surface area contributed by atoms with Gasteiger partial charge in [-0.15, -0.1) is 0 Å². The summed E-state index contributed by atoms with van der Waals surface area (Å²) in [5.74, 6) is 0.372. The van der Waals surface area contributed by atoms with Gasteiger partial charge in [-0.25, -0.2) is 4.98 Å². The number of nitrogens with one attached hydrogen (secondary N) is 2. The van der Waals surface area contributed by atoms with E-state index in [-0.39, 0.29) is 12.5 Å². The summed E-state index contributed by atoms with van der Waals surface area (Å²) in [6, 6.07) is 6.83. The number of halogens is 1. The van der Waals surface area contributed by atoms with Crippen molar-refractivity contribution in [2.75, 3.05) is 6.54 Å². The van der Waals surface area contributed by atoms with Crippen LogP contribution in [-0.2, 0) is 0 Å². The van der Waals surface area contributed by atoms with Gasteiger partial charge in [-0.3, -0.25) is 4.79 Å². The van der Waals surface area contributed by atoms with E-state index < -0.39 is 6.10 Å². The fourth-order valence-corrected chi connectivity index (χ4v) is 1.75. The number of aromatic nitrogens is 2. The Hall–Kier alpha value is -1.85. The van der Waals surface area contributed by atoms with Crippen LogP contribution in [0.15, 0.2) is 30.5 Å². The largest absolute Gasteiger partial charge is 0.387 e. The van der Waals surface area contributed by atoms with Gasteiger partial charge in [0.2, 0.25) is 0 Å². The first-order valence-electron chi connectivity index (χ1n) is 5.79. The SMILES string of the molecule is Cc1ncc(C(=O)NCC(O)c2ccc(Cl)cc2)[nH]1. The number of hydrogen-bond donors (Lipinski definition) is 3. The molecule has 0 aliphatic heterocycles. The van der Waals surface area contributed by atoms with Crippen LogP contribution in [0.25, 0.3) is 0 Å². The molecule has 5 nitrogen and oxygen atoms in total. The maximum absolute atomic E-state index is 11.7. The second-order valence-electron chi connectivity index (χ2n) is 4.16. The van der Waals surface area contributed by atoms with E-state index in [1.54, 1.807) is 31.2 Å². The highest BCUT2D eigenvalue weighted by Gasteiger charge is 2.12. The quantitative estimate of drug-likeness (QED) is 0.799. The van der Waals surface area contributed by atoms with E-state index in [2.05, 4.69) is 15.3 Å². The van der Waals surface area contributed by atoms with Crippen LogP contribution in [0, 0.1) is 6.92 Å². The van der Waals surface area contributed by atoms with Gasteiger partial charge in [-0.2, -0.15) is 0 Å². The molecule has 6 heteroatoms. The highest BCUT2D eigenvalue weighted by molar-refractivity contribution is 6.30. The second kappa shape index (κ2) is 5.86. The lowest BCUT2D eigenvalue weighted by atomic mass is 10.1. The number of nitrogens with zero attached hydrogens (tertiary/aromatic N) is 1. The van der Waals surface area contributed by atoms with Crippen LogP contribution in [0.2, 0.25) is 5.02 Å². The lowest BCUT2D eigenvalue weighted by Crippen LogP contribution is -2.28. The Bertz CT molecular complexity index is 566. The van der Waals surface area contributed by atoms with Crippen molar-refractivity contribution in [3.8, 4) is 0 Å². The molecular weight excluding hydrogens is 266 g/mol. The number of benzene rings is 1. The molecule has 2 aromatic rings. The summed E-state index contributed by atoms with van der Waals surface area (Å²) >= 11 is 5.76. The predicted octanol–water partition coefficient (Wildman–Crippen LogP) is 1.83. The molecule has 0 saturated carbocycles. The van der Waals surface area contributed by atoms with Gasteiger partial charge in [0.15, 0.2) is 0 Å². The van der Waals surface area contributed by atoms with E-state index in [4.69, 9.17) is 11.6 Å². The molecule has 1 unspecified atom stereocenters. The fourth-order valence-electron chi connectivity index (χ4n) is 1.62. The number of aromatic amines is 1. The number of amides is 1. The monoisotopic (exact) mass is 279 g/mol. The molecule has 1 heterocycles. The molecule has 0 spiro atoms. The van der Waals surface area contributed by atoms with Gasteiger partial charge in [0, 0.05) is 11.6 Å². The Morgan fingerprint density at radius 2 is 2.16 bits per heavy atom. The van der Waals surface area contributed by atoms with Gasteiger partial charge >= 0.3 is 0 Å². The number of H-pyrrole nitrogens is 1. The third kappa shape index (κ3) is 3.56. The number of carbonyl (C=O) groups is 1. The molecule has 0 radical (unpaired) electrons. The topological polar surface area (TPSA) is 78.0 Å². The van der Waals surface area contributed by atoms with Gasteiger partial charge in [-0.1, -0.05) is 23.7 Å². The normalized spacial score (nSPS) is 12.2. The first kappa shape index (κ1) is 13.6. The van der Waals surface area contributed by atoms with Crippen molar-refractivity contribution in [3.63, 3.8) is 0 Å². The average molecular weight is 280 g/mol. The summed E-state index contributed by atoms with van der Waals surface area (Å²) in [6.07, 6.45) is 0.685. The molecule has 1 aromatic heterocycles. The molecule has 19 heavy (non-hydrogen) atoms. The molecule has 3 N–H and O–H groups in total. The van der Waals surface area contributed by atoms with Crippen LogP contribution in [0.3, 0.4) is 0 Å². The molecule has 2 rings (SSSR count). The molecule has 100 valence electrons. The summed E-state index contributed by atoms with van der Waals surface area (Å²) in [5.41, 5.74) is 1.08. The van der Waals surface area contributed by atoms with Crippen molar-refractivity contribution < 1.29 is 9.90 Å². The summed E-state index contributed by atoms with van der Waals surface area (Å²) in [5, 5.41) is 13.2. The number of carbonyl (C=O) groups excluding carboxylic acids is 1. The van der Waals surface area contributed by atoms with Gasteiger partial charge in [0.25, 0.3) is 5.91 Å². The number of rotatable bonds is 4. The highest BCUT2D eigenvalue weighted by atomic mass is 35.5. The van der Waals surface area contributed by atoms with Gasteiger partial charge in [0.05, 0.1) is 12.3 Å². The number of aryl methyl sites for hydroxylation is 1. The molecule has 1 aromatic carbocycles. The third-order valence-electron chi connectivity index (χ3n) is 2.66. The Labute approximate surface area is 115 Å². The van der Waals surface area contributed by atoms with Crippen molar-refractivity contribution in [2.45, 2.75) is 13.0 Å². The van der Waals surface area contributed by atoms with E-state index in [1.807, 2.05) is 0 Å². The van der Waals surface area contributed by atoms with E-state index in [0.717, 1.165) is 0 Å². The zero-order chi connectivity index (χ0) is 13.8. The number of aliphatic hydroxyl groups excluding tert-OH is 1. The minimum atomic E-state index is -0.773. The van der Waals surface area contributed by atoms with Crippen molar-refractivity contribution in [1.82, 2.24) is 15.3 Å². The first-order valence-corrected chi connectivity index (χ1v) is 6.17. The zero-order valence-corrected chi connectivity index (χ0v) is 11.1. The number of hydrogen-bond acceptors (Lipinski definition) is 3. The predicted molar refractivity (Wildman–Crippen MR) is 72.1 cm³/mol. The van der Waals surface area contributed by atoms with Crippen LogP contribution in [-0.4, -0.2) is 27.5 Å². The van der Waals surface area contributed by atoms with Crippen LogP contribution in [0.4, 0.5) is 0 Å². The molecule has 0 aliphatic carbocycles. The zero-order valence-electron chi connectivity index (χ0n) is 10.4. The lowest BCUT2D eigenvalue weighted by molar-refractivity contribution is 0.0912. The van der Waals surface area contributed by atoms with E-state index in [0.29, 0.717) is 22.1 Å². The minimum absolute atomic E-state index is 0.124. The van der Waals surface area contributed by atoms with E-state index in [1.165, 1.54) is 6.20 Å². The third-order valence-corrected chi connectivity index (χ3v) is 2.91. The van der Waals surface area contributed by atoms with Crippen LogP contribution < -0.4 is 5.32 Å². The van der Waals surface area contributed by atoms with Crippen molar-refractivity contribution >= 4 is 17.5 Å². The smallest absolute Gasteiger partial charge is 0.269 e. The van der Waals surface area contributed by atoms with Crippen LogP contribution >= 0.6 is 11.6 Å². The Kier molecular flexibility index (Phi) is 4.19. The van der Waals surface area contributed by atoms with Gasteiger partial charge < -0.3 is 15.4 Å². The number of aliphatic hydroxyl groups is 1. The summed E-state index contributed by atoms with van der Waals surface area (Å²) in [6.45, 7) is 1.89. The molecule has 0 aliphatic rings. The average Bonchev–Trinajstić information content (AvgIpc) is 2.83. The van der Waals surface area contributed by atoms with Crippen molar-refractivity contribution in [1.29, 1.82) is 0 Å². The summed E-state index contributed by atoms with van der Waals surface area (Å²) in [7, 11) is 0. The van der Waals surface area contributed by atoms with Gasteiger partial charge in [0.1, 0.15) is 11.5 Å². The molecule has 0 fully saturated rings. The summed E-state index contributed by atoms with van der Waals surface area (Å²) in [4.78, 5) is 18.5. The maximum Gasteiger partial charge on any atom is 0.269 e. The highest BCUT2D eigenvalue weighted by Crippen LogP contribution is 2.15. The van der Waals surface area contributed by atoms with Crippen LogP contribution in [0.1, 0.15) is 28.0 Å².